The van der Waals surface area contributed by atoms with E-state index < -0.39 is 0 Å². The molecule has 1 aromatic carbocycles. The fourth-order valence-electron chi connectivity index (χ4n) is 1.40. The van der Waals surface area contributed by atoms with Crippen LogP contribution in [0.5, 0.6) is 0 Å². The molecule has 0 bridgehead atoms. The molecule has 0 atom stereocenters. The van der Waals surface area contributed by atoms with Gasteiger partial charge < -0.3 is 5.10 Å². The van der Waals surface area contributed by atoms with E-state index in [4.69, 9.17) is 5.41 Å². The maximum atomic E-state index is 11.6. The Hall–Kier alpha value is -2.10. The molecule has 0 aliphatic rings. The van der Waals surface area contributed by atoms with Crippen LogP contribution in [0.15, 0.2) is 41.3 Å². The second-order valence-corrected chi connectivity index (χ2v) is 3.29. The predicted molar refractivity (Wildman–Crippen MR) is 58.4 cm³/mol. The topological polar surface area (TPSA) is 61.6 Å². The van der Waals surface area contributed by atoms with Gasteiger partial charge in [0.1, 0.15) is 0 Å². The summed E-state index contributed by atoms with van der Waals surface area (Å²) < 4.78 is 1.35. The number of aromatic nitrogens is 2. The molecule has 0 radical (unpaired) electrons. The number of hydrogen-bond acceptors (Lipinski definition) is 2. The summed E-state index contributed by atoms with van der Waals surface area (Å²) in [6.45, 7) is 0. The summed E-state index contributed by atoms with van der Waals surface area (Å²) in [6.07, 6.45) is 1.55. The largest absolute Gasteiger partial charge is 0.302 e. The van der Waals surface area contributed by atoms with Gasteiger partial charge in [-0.25, -0.2) is 0 Å². The highest BCUT2D eigenvalue weighted by atomic mass is 16.1. The van der Waals surface area contributed by atoms with Gasteiger partial charge in [-0.2, -0.15) is 0 Å². The van der Waals surface area contributed by atoms with E-state index in [9.17, 15) is 4.79 Å². The third-order valence-corrected chi connectivity index (χ3v) is 2.27. The van der Waals surface area contributed by atoms with E-state index in [1.54, 1.807) is 13.2 Å². The van der Waals surface area contributed by atoms with Crippen molar-refractivity contribution in [2.45, 2.75) is 0 Å². The van der Waals surface area contributed by atoms with Crippen molar-refractivity contribution in [1.82, 2.24) is 9.78 Å². The zero-order chi connectivity index (χ0) is 10.8. The maximum Gasteiger partial charge on any atom is 0.275 e. The van der Waals surface area contributed by atoms with Crippen molar-refractivity contribution in [3.8, 4) is 0 Å². The lowest BCUT2D eigenvalue weighted by Gasteiger charge is -1.98. The van der Waals surface area contributed by atoms with Gasteiger partial charge in [-0.15, -0.1) is 0 Å². The number of H-pyrrole nitrogens is 1. The molecule has 1 aromatic heterocycles. The smallest absolute Gasteiger partial charge is 0.275 e. The monoisotopic (exact) mass is 201 g/mol. The lowest BCUT2D eigenvalue weighted by atomic mass is 10.1. The maximum absolute atomic E-state index is 11.6. The first-order valence-corrected chi connectivity index (χ1v) is 4.59. The molecule has 76 valence electrons. The summed E-state index contributed by atoms with van der Waals surface area (Å²) in [7, 11) is 1.63. The van der Waals surface area contributed by atoms with Gasteiger partial charge in [-0.1, -0.05) is 30.3 Å². The summed E-state index contributed by atoms with van der Waals surface area (Å²) >= 11 is 0. The van der Waals surface area contributed by atoms with Crippen LogP contribution in [0, 0.1) is 5.41 Å². The Morgan fingerprint density at radius 3 is 2.53 bits per heavy atom. The molecule has 2 N–H and O–H groups in total. The average Bonchev–Trinajstić information content (AvgIpc) is 2.60. The molecule has 15 heavy (non-hydrogen) atoms. The van der Waals surface area contributed by atoms with E-state index in [2.05, 4.69) is 5.10 Å². The lowest BCUT2D eigenvalue weighted by Crippen LogP contribution is -2.19. The molecule has 0 unspecified atom stereocenters. The van der Waals surface area contributed by atoms with Gasteiger partial charge >= 0.3 is 0 Å². The molecule has 1 heterocycles. The van der Waals surface area contributed by atoms with E-state index in [0.717, 1.165) is 5.56 Å². The summed E-state index contributed by atoms with van der Waals surface area (Å²) in [5.41, 5.74) is 1.21. The zero-order valence-electron chi connectivity index (χ0n) is 8.32. The van der Waals surface area contributed by atoms with Crippen LogP contribution in [-0.4, -0.2) is 15.5 Å². The van der Waals surface area contributed by atoms with Crippen molar-refractivity contribution in [2.24, 2.45) is 7.05 Å². The van der Waals surface area contributed by atoms with Crippen LogP contribution in [-0.2, 0) is 7.05 Å². The molecule has 4 heteroatoms. The molecule has 2 rings (SSSR count). The van der Waals surface area contributed by atoms with Crippen LogP contribution in [0.25, 0.3) is 0 Å². The third kappa shape index (κ3) is 1.61. The number of rotatable bonds is 2. The van der Waals surface area contributed by atoms with Gasteiger partial charge in [0.25, 0.3) is 5.56 Å². The summed E-state index contributed by atoms with van der Waals surface area (Å²) in [5, 5.41) is 10.6. The number of nitrogens with zero attached hydrogens (tertiary/aromatic N) is 1. The van der Waals surface area contributed by atoms with Crippen molar-refractivity contribution in [3.05, 3.63) is 58.0 Å². The molecular formula is C11H11N3O. The van der Waals surface area contributed by atoms with Crippen molar-refractivity contribution in [1.29, 1.82) is 5.41 Å². The first-order valence-electron chi connectivity index (χ1n) is 4.59. The van der Waals surface area contributed by atoms with Crippen molar-refractivity contribution < 1.29 is 0 Å². The van der Waals surface area contributed by atoms with Crippen LogP contribution < -0.4 is 5.56 Å². The van der Waals surface area contributed by atoms with Crippen LogP contribution in [0.2, 0.25) is 0 Å². The SMILES string of the molecule is Cn1[nH]cc(C(=N)c2ccccc2)c1=O. The van der Waals surface area contributed by atoms with Crippen LogP contribution >= 0.6 is 0 Å². The molecule has 0 saturated carbocycles. The number of aromatic amines is 1. The Bertz CT molecular complexity index is 536. The van der Waals surface area contributed by atoms with Crippen LogP contribution in [0.3, 0.4) is 0 Å². The highest BCUT2D eigenvalue weighted by Gasteiger charge is 2.10. The first kappa shape index (κ1) is 9.45. The minimum absolute atomic E-state index is 0.177. The quantitative estimate of drug-likeness (QED) is 0.703. The van der Waals surface area contributed by atoms with Gasteiger partial charge in [0.15, 0.2) is 0 Å². The highest BCUT2D eigenvalue weighted by molar-refractivity contribution is 6.10. The Kier molecular flexibility index (Phi) is 2.25. The van der Waals surface area contributed by atoms with E-state index in [1.807, 2.05) is 30.3 Å². The zero-order valence-corrected chi connectivity index (χ0v) is 8.32. The van der Waals surface area contributed by atoms with E-state index in [0.29, 0.717) is 5.56 Å². The summed E-state index contributed by atoms with van der Waals surface area (Å²) in [6, 6.07) is 9.21. The van der Waals surface area contributed by atoms with Gasteiger partial charge in [-0.05, 0) is 0 Å². The second kappa shape index (κ2) is 3.57. The van der Waals surface area contributed by atoms with E-state index in [-0.39, 0.29) is 11.3 Å². The van der Waals surface area contributed by atoms with Gasteiger partial charge in [0.05, 0.1) is 11.3 Å². The van der Waals surface area contributed by atoms with E-state index >= 15 is 0 Å². The van der Waals surface area contributed by atoms with Crippen molar-refractivity contribution >= 4 is 5.71 Å². The minimum atomic E-state index is -0.177. The summed E-state index contributed by atoms with van der Waals surface area (Å²) in [5.74, 6) is 0. The van der Waals surface area contributed by atoms with Gasteiger partial charge in [-0.3, -0.25) is 14.9 Å². The van der Waals surface area contributed by atoms with Crippen LogP contribution in [0.4, 0.5) is 0 Å². The number of hydrogen-bond donors (Lipinski definition) is 2. The molecule has 0 aliphatic heterocycles. The number of nitrogens with one attached hydrogen (secondary N) is 2. The standard InChI is InChI=1S/C11H11N3O/c1-14-11(15)9(7-13-14)10(12)8-5-3-2-4-6-8/h2-7,12-13H,1H3. The fourth-order valence-corrected chi connectivity index (χ4v) is 1.40. The fraction of sp³-hybridized carbons (Fsp3) is 0.0909. The molecule has 4 nitrogen and oxygen atoms in total. The number of benzene rings is 1. The minimum Gasteiger partial charge on any atom is -0.302 e. The highest BCUT2D eigenvalue weighted by Crippen LogP contribution is 2.04. The lowest BCUT2D eigenvalue weighted by molar-refractivity contribution is 0.739. The summed E-state index contributed by atoms with van der Waals surface area (Å²) in [4.78, 5) is 11.6. The third-order valence-electron chi connectivity index (χ3n) is 2.27. The first-order chi connectivity index (χ1) is 7.20. The molecule has 0 fully saturated rings. The molecular weight excluding hydrogens is 190 g/mol. The average molecular weight is 201 g/mol. The van der Waals surface area contributed by atoms with Gasteiger partial charge in [0.2, 0.25) is 0 Å². The van der Waals surface area contributed by atoms with Gasteiger partial charge in [0, 0.05) is 18.8 Å². The van der Waals surface area contributed by atoms with Crippen molar-refractivity contribution in [3.63, 3.8) is 0 Å². The van der Waals surface area contributed by atoms with Crippen molar-refractivity contribution in [2.75, 3.05) is 0 Å². The molecule has 0 aliphatic carbocycles. The Morgan fingerprint density at radius 1 is 1.33 bits per heavy atom. The normalized spacial score (nSPS) is 10.2. The van der Waals surface area contributed by atoms with E-state index in [1.165, 1.54) is 4.68 Å². The second-order valence-electron chi connectivity index (χ2n) is 3.29. The Balaban J connectivity index is 2.46. The van der Waals surface area contributed by atoms with Crippen LogP contribution in [0.1, 0.15) is 11.1 Å². The Labute approximate surface area is 86.7 Å². The number of aryl methyl sites for hydroxylation is 1. The predicted octanol–water partition coefficient (Wildman–Crippen LogP) is 1.13. The Morgan fingerprint density at radius 2 is 2.00 bits per heavy atom. The molecule has 0 saturated heterocycles. The molecule has 0 spiro atoms. The molecule has 2 aromatic rings. The molecule has 0 amide bonds.